The monoisotopic (exact) mass is 447 g/mol. The number of hydrogen-bond donors (Lipinski definition) is 1. The predicted octanol–water partition coefficient (Wildman–Crippen LogP) is 6.00. The number of anilines is 1. The lowest BCUT2D eigenvalue weighted by atomic mass is 9.75. The summed E-state index contributed by atoms with van der Waals surface area (Å²) in [6.45, 7) is 1.78. The molecule has 0 radical (unpaired) electrons. The third-order valence-corrected chi connectivity index (χ3v) is 6.84. The molecular formula is C27H29NO5. The van der Waals surface area contributed by atoms with Gasteiger partial charge in [0.05, 0.1) is 32.2 Å². The van der Waals surface area contributed by atoms with Crippen molar-refractivity contribution >= 4 is 11.6 Å². The van der Waals surface area contributed by atoms with E-state index in [1.165, 1.54) is 18.2 Å². The highest BCUT2D eigenvalue weighted by atomic mass is 16.5. The van der Waals surface area contributed by atoms with Gasteiger partial charge in [0, 0.05) is 22.7 Å². The lowest BCUT2D eigenvalue weighted by Gasteiger charge is -2.42. The molecule has 3 atom stereocenters. The van der Waals surface area contributed by atoms with Crippen molar-refractivity contribution in [1.82, 2.24) is 0 Å². The van der Waals surface area contributed by atoms with Gasteiger partial charge in [-0.3, -0.25) is 4.79 Å². The lowest BCUT2D eigenvalue weighted by molar-refractivity contribution is -0.0406. The maximum Gasteiger partial charge on any atom is 0.259 e. The van der Waals surface area contributed by atoms with E-state index in [-0.39, 0.29) is 18.1 Å². The SMILES string of the molecule is COc1ccc(OC)c2c1[C@@H](c1cccc(NC(=O)c3ccoc3C)c1)O[C@@H]1CCCC[C@H]21. The predicted molar refractivity (Wildman–Crippen MR) is 125 cm³/mol. The minimum Gasteiger partial charge on any atom is -0.496 e. The van der Waals surface area contributed by atoms with E-state index in [0.717, 1.165) is 41.9 Å². The van der Waals surface area contributed by atoms with Crippen LogP contribution in [-0.4, -0.2) is 26.2 Å². The second-order valence-corrected chi connectivity index (χ2v) is 8.71. The highest BCUT2D eigenvalue weighted by Gasteiger charge is 2.41. The number of amides is 1. The second kappa shape index (κ2) is 8.94. The first-order valence-corrected chi connectivity index (χ1v) is 11.5. The normalized spacial score (nSPS) is 21.6. The maximum atomic E-state index is 12.7. The zero-order valence-corrected chi connectivity index (χ0v) is 19.2. The van der Waals surface area contributed by atoms with E-state index in [4.69, 9.17) is 18.6 Å². The molecule has 0 unspecified atom stereocenters. The Bertz CT molecular complexity index is 1170. The number of carbonyl (C=O) groups is 1. The van der Waals surface area contributed by atoms with Crippen LogP contribution in [0.4, 0.5) is 5.69 Å². The average Bonchev–Trinajstić information content (AvgIpc) is 3.28. The Morgan fingerprint density at radius 2 is 1.76 bits per heavy atom. The molecule has 1 N–H and O–H groups in total. The molecule has 172 valence electrons. The smallest absolute Gasteiger partial charge is 0.259 e. The third-order valence-electron chi connectivity index (χ3n) is 6.84. The molecule has 3 aromatic rings. The number of rotatable bonds is 5. The molecule has 1 amide bonds. The number of aryl methyl sites for hydroxylation is 1. The molecule has 2 aliphatic rings. The van der Waals surface area contributed by atoms with Gasteiger partial charge in [-0.15, -0.1) is 0 Å². The summed E-state index contributed by atoms with van der Waals surface area (Å²) < 4.78 is 23.6. The van der Waals surface area contributed by atoms with Gasteiger partial charge in [-0.05, 0) is 55.7 Å². The molecule has 5 rings (SSSR count). The van der Waals surface area contributed by atoms with Crippen LogP contribution in [0.15, 0.2) is 53.1 Å². The molecule has 2 aromatic carbocycles. The van der Waals surface area contributed by atoms with Gasteiger partial charge in [-0.25, -0.2) is 0 Å². The van der Waals surface area contributed by atoms with Crippen molar-refractivity contribution in [1.29, 1.82) is 0 Å². The largest absolute Gasteiger partial charge is 0.496 e. The van der Waals surface area contributed by atoms with Crippen LogP contribution in [0, 0.1) is 6.92 Å². The minimum atomic E-state index is -0.308. The fourth-order valence-electron chi connectivity index (χ4n) is 5.28. The van der Waals surface area contributed by atoms with Crippen LogP contribution < -0.4 is 14.8 Å². The number of carbonyl (C=O) groups excluding carboxylic acids is 1. The van der Waals surface area contributed by atoms with E-state index in [9.17, 15) is 4.79 Å². The van der Waals surface area contributed by atoms with Crippen molar-refractivity contribution in [3.63, 3.8) is 0 Å². The van der Waals surface area contributed by atoms with E-state index in [0.29, 0.717) is 22.9 Å². The lowest BCUT2D eigenvalue weighted by Crippen LogP contribution is -2.34. The van der Waals surface area contributed by atoms with Crippen LogP contribution in [0.25, 0.3) is 0 Å². The molecule has 1 aliphatic heterocycles. The van der Waals surface area contributed by atoms with Crippen LogP contribution in [0.5, 0.6) is 11.5 Å². The first-order chi connectivity index (χ1) is 16.1. The summed E-state index contributed by atoms with van der Waals surface area (Å²) in [5, 5.41) is 2.99. The van der Waals surface area contributed by atoms with E-state index in [1.54, 1.807) is 27.2 Å². The van der Waals surface area contributed by atoms with Crippen molar-refractivity contribution in [2.45, 2.75) is 50.7 Å². The molecular weight excluding hydrogens is 418 g/mol. The quantitative estimate of drug-likeness (QED) is 0.519. The Kier molecular flexibility index (Phi) is 5.85. The molecule has 1 saturated carbocycles. The zero-order valence-electron chi connectivity index (χ0n) is 19.2. The van der Waals surface area contributed by atoms with Crippen molar-refractivity contribution < 1.29 is 23.4 Å². The van der Waals surface area contributed by atoms with Crippen molar-refractivity contribution in [3.05, 3.63) is 76.7 Å². The number of methoxy groups -OCH3 is 2. The molecule has 33 heavy (non-hydrogen) atoms. The number of benzene rings is 2. The van der Waals surface area contributed by atoms with Crippen LogP contribution in [0.2, 0.25) is 0 Å². The van der Waals surface area contributed by atoms with Gasteiger partial charge in [0.1, 0.15) is 23.4 Å². The van der Waals surface area contributed by atoms with Gasteiger partial charge in [0.25, 0.3) is 5.91 Å². The summed E-state index contributed by atoms with van der Waals surface area (Å²) in [5.74, 6) is 2.37. The van der Waals surface area contributed by atoms with Crippen molar-refractivity contribution in [2.75, 3.05) is 19.5 Å². The third kappa shape index (κ3) is 3.89. The van der Waals surface area contributed by atoms with E-state index >= 15 is 0 Å². The van der Waals surface area contributed by atoms with Crippen molar-refractivity contribution in [2.24, 2.45) is 0 Å². The summed E-state index contributed by atoms with van der Waals surface area (Å²) in [5.41, 5.74) is 4.41. The highest BCUT2D eigenvalue weighted by molar-refractivity contribution is 6.04. The molecule has 1 aromatic heterocycles. The number of fused-ring (bicyclic) bond motifs is 3. The van der Waals surface area contributed by atoms with Gasteiger partial charge in [-0.2, -0.15) is 0 Å². The van der Waals surface area contributed by atoms with Gasteiger partial charge in [0.2, 0.25) is 0 Å². The Hall–Kier alpha value is -3.25. The fraction of sp³-hybridized carbons (Fsp3) is 0.370. The summed E-state index contributed by atoms with van der Waals surface area (Å²) in [6.07, 6.45) is 5.79. The summed E-state index contributed by atoms with van der Waals surface area (Å²) >= 11 is 0. The minimum absolute atomic E-state index is 0.129. The Balaban J connectivity index is 1.55. The Morgan fingerprint density at radius 3 is 2.48 bits per heavy atom. The molecule has 1 aliphatic carbocycles. The van der Waals surface area contributed by atoms with Gasteiger partial charge in [0.15, 0.2) is 0 Å². The van der Waals surface area contributed by atoms with Crippen LogP contribution in [-0.2, 0) is 4.74 Å². The molecule has 0 bridgehead atoms. The molecule has 6 heteroatoms. The van der Waals surface area contributed by atoms with Crippen molar-refractivity contribution in [3.8, 4) is 11.5 Å². The van der Waals surface area contributed by atoms with Crippen LogP contribution >= 0.6 is 0 Å². The van der Waals surface area contributed by atoms with E-state index in [1.807, 2.05) is 36.4 Å². The Morgan fingerprint density at radius 1 is 1.00 bits per heavy atom. The average molecular weight is 448 g/mol. The van der Waals surface area contributed by atoms with E-state index < -0.39 is 0 Å². The highest BCUT2D eigenvalue weighted by Crippen LogP contribution is 2.53. The molecule has 0 spiro atoms. The summed E-state index contributed by atoms with van der Waals surface area (Å²) in [7, 11) is 3.41. The second-order valence-electron chi connectivity index (χ2n) is 8.71. The van der Waals surface area contributed by atoms with Crippen LogP contribution in [0.1, 0.15) is 70.5 Å². The molecule has 2 heterocycles. The molecule has 1 fully saturated rings. The summed E-state index contributed by atoms with van der Waals surface area (Å²) in [4.78, 5) is 12.7. The van der Waals surface area contributed by atoms with Crippen LogP contribution in [0.3, 0.4) is 0 Å². The number of ether oxygens (including phenoxy) is 3. The number of furan rings is 1. The molecule has 6 nitrogen and oxygen atoms in total. The summed E-state index contributed by atoms with van der Waals surface area (Å²) in [6, 6.07) is 13.5. The van der Waals surface area contributed by atoms with E-state index in [2.05, 4.69) is 5.32 Å². The van der Waals surface area contributed by atoms with Gasteiger partial charge in [-0.1, -0.05) is 25.0 Å². The number of hydrogen-bond acceptors (Lipinski definition) is 5. The standard InChI is InChI=1S/C27H29NO5/c1-16-19(13-14-32-16)27(29)28-18-8-6-7-17(15-18)26-25-23(31-3)12-11-22(30-2)24(25)20-9-4-5-10-21(20)33-26/h6-8,11-15,20-21,26H,4-5,9-10H2,1-3H3,(H,28,29)/t20-,21+,26+/m0/s1. The maximum absolute atomic E-state index is 12.7. The topological polar surface area (TPSA) is 69.9 Å². The Labute approximate surface area is 193 Å². The first kappa shape index (κ1) is 21.6. The van der Waals surface area contributed by atoms with Gasteiger partial charge >= 0.3 is 0 Å². The fourth-order valence-corrected chi connectivity index (χ4v) is 5.28. The number of nitrogens with one attached hydrogen (secondary N) is 1. The molecule has 0 saturated heterocycles. The first-order valence-electron chi connectivity index (χ1n) is 11.5. The van der Waals surface area contributed by atoms with Gasteiger partial charge < -0.3 is 23.9 Å². The zero-order chi connectivity index (χ0) is 22.9.